The molecule has 0 bridgehead atoms. The molecule has 0 radical (unpaired) electrons. The van der Waals surface area contributed by atoms with Gasteiger partial charge in [-0.1, -0.05) is 51.1 Å². The van der Waals surface area contributed by atoms with Crippen molar-refractivity contribution in [1.29, 1.82) is 0 Å². The number of rotatable bonds is 5. The fraction of sp³-hybridized carbons (Fsp3) is 0.259. The van der Waals surface area contributed by atoms with Gasteiger partial charge < -0.3 is 4.74 Å². The van der Waals surface area contributed by atoms with Gasteiger partial charge >= 0.3 is 0 Å². The highest BCUT2D eigenvalue weighted by Gasteiger charge is 2.26. The molecule has 0 amide bonds. The van der Waals surface area contributed by atoms with Crippen LogP contribution in [0.15, 0.2) is 60.8 Å². The molecule has 0 aliphatic heterocycles. The third-order valence-corrected chi connectivity index (χ3v) is 6.35. The topological polar surface area (TPSA) is 85.4 Å². The van der Waals surface area contributed by atoms with Crippen LogP contribution in [0.4, 0.5) is 5.69 Å². The van der Waals surface area contributed by atoms with Crippen molar-refractivity contribution < 1.29 is 17.9 Å². The van der Waals surface area contributed by atoms with E-state index in [4.69, 9.17) is 9.72 Å². The number of allylic oxidation sites excluding steroid dienone is 4. The van der Waals surface area contributed by atoms with Crippen LogP contribution in [0.25, 0.3) is 27.6 Å². The van der Waals surface area contributed by atoms with Crippen molar-refractivity contribution >= 4 is 38.0 Å². The largest absolute Gasteiger partial charge is 0.496 e. The molecule has 7 heteroatoms. The van der Waals surface area contributed by atoms with Crippen LogP contribution in [0.1, 0.15) is 38.3 Å². The van der Waals surface area contributed by atoms with Crippen LogP contribution in [0.2, 0.25) is 0 Å². The standard InChI is InChI=1S/C27H28N2O4S/c1-27(2,3)23-15-21(20-8-6-7-9-24(20)30)25-22(26(23)33-4)14-18(16-28-25)17-10-12-19(13-11-17)29-34(5,31)32/h6-8,10-16,29H,9H2,1-5H3. The highest BCUT2D eigenvalue weighted by molar-refractivity contribution is 7.92. The summed E-state index contributed by atoms with van der Waals surface area (Å²) in [5, 5.41) is 0.823. The number of carbonyl (C=O) groups is 1. The Labute approximate surface area is 200 Å². The zero-order chi connectivity index (χ0) is 24.7. The number of methoxy groups -OCH3 is 1. The lowest BCUT2D eigenvalue weighted by Gasteiger charge is -2.25. The number of hydrogen-bond donors (Lipinski definition) is 1. The Hall–Kier alpha value is -3.45. The number of benzene rings is 2. The minimum absolute atomic E-state index is 0.0636. The Bertz CT molecular complexity index is 1440. The van der Waals surface area contributed by atoms with E-state index in [1.807, 2.05) is 42.5 Å². The second-order valence-corrected chi connectivity index (χ2v) is 11.2. The number of carbonyl (C=O) groups excluding carboxylic acids is 1. The summed E-state index contributed by atoms with van der Waals surface area (Å²) in [7, 11) is -1.70. The van der Waals surface area contributed by atoms with E-state index >= 15 is 0 Å². The Balaban J connectivity index is 1.93. The van der Waals surface area contributed by atoms with Crippen LogP contribution in [0.5, 0.6) is 5.75 Å². The van der Waals surface area contributed by atoms with Crippen molar-refractivity contribution in [1.82, 2.24) is 4.98 Å². The fourth-order valence-corrected chi connectivity index (χ4v) is 4.71. The van der Waals surface area contributed by atoms with Crippen molar-refractivity contribution in [3.63, 3.8) is 0 Å². The van der Waals surface area contributed by atoms with Gasteiger partial charge in [0.25, 0.3) is 0 Å². The average Bonchev–Trinajstić information content (AvgIpc) is 2.77. The molecular formula is C27H28N2O4S. The minimum atomic E-state index is -3.35. The highest BCUT2D eigenvalue weighted by atomic mass is 32.2. The van der Waals surface area contributed by atoms with E-state index < -0.39 is 10.0 Å². The van der Waals surface area contributed by atoms with E-state index in [-0.39, 0.29) is 11.2 Å². The first-order valence-corrected chi connectivity index (χ1v) is 12.9. The smallest absolute Gasteiger partial charge is 0.229 e. The second-order valence-electron chi connectivity index (χ2n) is 9.46. The molecule has 2 aromatic carbocycles. The number of pyridine rings is 1. The summed E-state index contributed by atoms with van der Waals surface area (Å²) in [6.07, 6.45) is 8.87. The van der Waals surface area contributed by atoms with Gasteiger partial charge in [-0.25, -0.2) is 8.42 Å². The van der Waals surface area contributed by atoms with Gasteiger partial charge in [-0.05, 0) is 35.2 Å². The summed E-state index contributed by atoms with van der Waals surface area (Å²) in [6, 6.07) is 11.2. The normalized spacial score (nSPS) is 14.3. The number of fused-ring (bicyclic) bond motifs is 1. The summed E-state index contributed by atoms with van der Waals surface area (Å²) < 4.78 is 31.4. The lowest BCUT2D eigenvalue weighted by atomic mass is 9.82. The van der Waals surface area contributed by atoms with Crippen LogP contribution < -0.4 is 9.46 Å². The summed E-state index contributed by atoms with van der Waals surface area (Å²) in [4.78, 5) is 17.5. The number of ether oxygens (including phenoxy) is 1. The number of Topliss-reactive ketones (excluding diaryl/α,β-unsaturated/α-hetero) is 1. The summed E-state index contributed by atoms with van der Waals surface area (Å²) >= 11 is 0. The number of nitrogens with zero attached hydrogens (tertiary/aromatic N) is 1. The number of anilines is 1. The SMILES string of the molecule is COc1c(C(C)(C)C)cc(C2=CC=CCC2=O)c2ncc(-c3ccc(NS(C)(=O)=O)cc3)cc12. The lowest BCUT2D eigenvalue weighted by molar-refractivity contribution is -0.113. The van der Waals surface area contributed by atoms with Crippen LogP contribution in [-0.2, 0) is 20.2 Å². The molecule has 1 aliphatic rings. The first-order valence-electron chi connectivity index (χ1n) is 11.0. The van der Waals surface area contributed by atoms with Gasteiger partial charge in [-0.3, -0.25) is 14.5 Å². The predicted octanol–water partition coefficient (Wildman–Crippen LogP) is 5.49. The van der Waals surface area contributed by atoms with Gasteiger partial charge in [-0.15, -0.1) is 0 Å². The van der Waals surface area contributed by atoms with E-state index in [2.05, 4.69) is 25.5 Å². The van der Waals surface area contributed by atoms with E-state index in [0.717, 1.165) is 39.6 Å². The van der Waals surface area contributed by atoms with Crippen LogP contribution in [-0.4, -0.2) is 32.6 Å². The van der Waals surface area contributed by atoms with Crippen LogP contribution in [0, 0.1) is 0 Å². The van der Waals surface area contributed by atoms with Crippen molar-refractivity contribution in [2.45, 2.75) is 32.6 Å². The van der Waals surface area contributed by atoms with E-state index in [9.17, 15) is 13.2 Å². The predicted molar refractivity (Wildman–Crippen MR) is 138 cm³/mol. The van der Waals surface area contributed by atoms with Gasteiger partial charge in [0.2, 0.25) is 10.0 Å². The maximum atomic E-state index is 12.7. The monoisotopic (exact) mass is 476 g/mol. The molecule has 0 unspecified atom stereocenters. The number of sulfonamides is 1. The maximum Gasteiger partial charge on any atom is 0.229 e. The molecule has 34 heavy (non-hydrogen) atoms. The molecule has 1 N–H and O–H groups in total. The summed E-state index contributed by atoms with van der Waals surface area (Å²) in [5.74, 6) is 0.795. The first-order chi connectivity index (χ1) is 16.0. The quantitative estimate of drug-likeness (QED) is 0.526. The van der Waals surface area contributed by atoms with Gasteiger partial charge in [0.1, 0.15) is 5.75 Å². The Morgan fingerprint density at radius 1 is 1.06 bits per heavy atom. The number of hydrogen-bond acceptors (Lipinski definition) is 5. The second kappa shape index (κ2) is 8.72. The zero-order valence-corrected chi connectivity index (χ0v) is 20.8. The van der Waals surface area contributed by atoms with Crippen molar-refractivity contribution in [3.05, 3.63) is 72.0 Å². The third-order valence-electron chi connectivity index (χ3n) is 5.75. The molecule has 0 fully saturated rings. The molecule has 1 aromatic heterocycles. The van der Waals surface area contributed by atoms with Crippen LogP contribution in [0.3, 0.4) is 0 Å². The van der Waals surface area contributed by atoms with Crippen molar-refractivity contribution in [2.24, 2.45) is 0 Å². The molecule has 0 saturated carbocycles. The maximum absolute atomic E-state index is 12.7. The summed E-state index contributed by atoms with van der Waals surface area (Å²) in [6.45, 7) is 6.34. The molecule has 1 heterocycles. The van der Waals surface area contributed by atoms with E-state index in [1.165, 1.54) is 0 Å². The summed E-state index contributed by atoms with van der Waals surface area (Å²) in [5.41, 5.74) is 5.16. The molecule has 176 valence electrons. The van der Waals surface area contributed by atoms with Crippen LogP contribution >= 0.6 is 0 Å². The van der Waals surface area contributed by atoms with Crippen molar-refractivity contribution in [2.75, 3.05) is 18.1 Å². The molecule has 4 rings (SSSR count). The van der Waals surface area contributed by atoms with Gasteiger partial charge in [0, 0.05) is 46.0 Å². The minimum Gasteiger partial charge on any atom is -0.496 e. The Morgan fingerprint density at radius 3 is 2.35 bits per heavy atom. The zero-order valence-electron chi connectivity index (χ0n) is 20.0. The molecule has 1 aliphatic carbocycles. The molecule has 0 atom stereocenters. The fourth-order valence-electron chi connectivity index (χ4n) is 4.14. The molecule has 3 aromatic rings. The number of ketones is 1. The van der Waals surface area contributed by atoms with Gasteiger partial charge in [0.15, 0.2) is 5.78 Å². The van der Waals surface area contributed by atoms with E-state index in [1.54, 1.807) is 25.4 Å². The molecule has 6 nitrogen and oxygen atoms in total. The first kappa shape index (κ1) is 23.7. The lowest BCUT2D eigenvalue weighted by Crippen LogP contribution is -2.15. The average molecular weight is 477 g/mol. The Kier molecular flexibility index (Phi) is 6.08. The third kappa shape index (κ3) is 4.75. The number of aromatic nitrogens is 1. The highest BCUT2D eigenvalue weighted by Crippen LogP contribution is 2.42. The molecule has 0 spiro atoms. The van der Waals surface area contributed by atoms with E-state index in [0.29, 0.717) is 23.2 Å². The number of nitrogens with one attached hydrogen (secondary N) is 1. The Morgan fingerprint density at radius 2 is 1.76 bits per heavy atom. The van der Waals surface area contributed by atoms with Crippen molar-refractivity contribution in [3.8, 4) is 16.9 Å². The molecular weight excluding hydrogens is 448 g/mol. The van der Waals surface area contributed by atoms with Gasteiger partial charge in [0.05, 0.1) is 18.9 Å². The molecule has 0 saturated heterocycles. The van der Waals surface area contributed by atoms with Gasteiger partial charge in [-0.2, -0.15) is 0 Å².